The van der Waals surface area contributed by atoms with Gasteiger partial charge in [0.25, 0.3) is 0 Å². The zero-order valence-corrected chi connectivity index (χ0v) is 22.1. The van der Waals surface area contributed by atoms with E-state index in [1.54, 1.807) is 11.3 Å². The number of nitrogen functional groups attached to an aromatic ring is 1. The van der Waals surface area contributed by atoms with Gasteiger partial charge >= 0.3 is 6.01 Å². The van der Waals surface area contributed by atoms with Crippen LogP contribution in [0.3, 0.4) is 0 Å². The molecule has 6 heterocycles. The Morgan fingerprint density at radius 1 is 1.26 bits per heavy atom. The maximum Gasteiger partial charge on any atom is 0.320 e. The number of aromatic nitrogens is 4. The number of alkyl halides is 1. The Kier molecular flexibility index (Phi) is 4.85. The van der Waals surface area contributed by atoms with Crippen LogP contribution in [0.2, 0.25) is 0 Å². The summed E-state index contributed by atoms with van der Waals surface area (Å²) in [6.45, 7) is 4.28. The summed E-state index contributed by atoms with van der Waals surface area (Å²) in [6.07, 6.45) is 8.10. The molecule has 2 atom stereocenters. The summed E-state index contributed by atoms with van der Waals surface area (Å²) < 4.78 is 22.8. The van der Waals surface area contributed by atoms with Gasteiger partial charge in [-0.3, -0.25) is 4.90 Å². The predicted octanol–water partition coefficient (Wildman–Crippen LogP) is 3.41. The van der Waals surface area contributed by atoms with Crippen LogP contribution >= 0.6 is 11.3 Å². The van der Waals surface area contributed by atoms with Crippen molar-refractivity contribution in [2.45, 2.75) is 68.6 Å². The minimum Gasteiger partial charge on any atom is -0.461 e. The minimum atomic E-state index is -0.796. The number of hydrogen-bond donors (Lipinski definition) is 1. The predicted molar refractivity (Wildman–Crippen MR) is 142 cm³/mol. The highest BCUT2D eigenvalue weighted by molar-refractivity contribution is 7.16. The third-order valence-electron chi connectivity index (χ3n) is 9.58. The van der Waals surface area contributed by atoms with E-state index in [-0.39, 0.29) is 11.0 Å². The highest BCUT2D eigenvalue weighted by Gasteiger charge is 2.52. The van der Waals surface area contributed by atoms with E-state index in [9.17, 15) is 9.65 Å². The summed E-state index contributed by atoms with van der Waals surface area (Å²) in [6, 6.07) is 2.71. The Morgan fingerprint density at radius 3 is 2.95 bits per heavy atom. The number of hydrogen-bond acceptors (Lipinski definition) is 9. The molecule has 2 N–H and O–H groups in total. The average molecular weight is 535 g/mol. The largest absolute Gasteiger partial charge is 0.461 e. The van der Waals surface area contributed by atoms with E-state index in [0.717, 1.165) is 74.4 Å². The van der Waals surface area contributed by atoms with Gasteiger partial charge in [-0.2, -0.15) is 15.2 Å². The molecule has 3 aromatic heterocycles. The third kappa shape index (κ3) is 3.32. The fourth-order valence-electron chi connectivity index (χ4n) is 7.53. The number of fused-ring (bicyclic) bond motifs is 4. The fourth-order valence-corrected chi connectivity index (χ4v) is 8.67. The number of halogens is 1. The molecule has 198 valence electrons. The van der Waals surface area contributed by atoms with Gasteiger partial charge in [0, 0.05) is 42.9 Å². The van der Waals surface area contributed by atoms with Gasteiger partial charge in [-0.1, -0.05) is 0 Å². The lowest BCUT2D eigenvalue weighted by molar-refractivity contribution is 0.107. The second-order valence-electron chi connectivity index (χ2n) is 12.1. The Hall–Kier alpha value is -2.97. The SMILES string of the molecule is N#Cc1c(N)sc2c1C1(CC2)CN(c2nc(OC[C@@]34CCCN3C[C@H](F)C4)nc3c2ncn3CC2CC2)C1. The van der Waals surface area contributed by atoms with Crippen LogP contribution < -0.4 is 15.4 Å². The number of nitrogens with zero attached hydrogens (tertiary/aromatic N) is 7. The number of anilines is 2. The van der Waals surface area contributed by atoms with Crippen LogP contribution in [0.4, 0.5) is 15.2 Å². The Balaban J connectivity index is 1.12. The van der Waals surface area contributed by atoms with Gasteiger partial charge in [0.1, 0.15) is 23.8 Å². The summed E-state index contributed by atoms with van der Waals surface area (Å²) >= 11 is 1.57. The van der Waals surface area contributed by atoms with Gasteiger partial charge in [0.15, 0.2) is 17.0 Å². The summed E-state index contributed by atoms with van der Waals surface area (Å²) in [4.78, 5) is 20.2. The van der Waals surface area contributed by atoms with Crippen molar-refractivity contribution in [1.29, 1.82) is 5.26 Å². The molecule has 11 heteroatoms. The number of nitriles is 1. The van der Waals surface area contributed by atoms with E-state index in [1.807, 2.05) is 6.33 Å². The van der Waals surface area contributed by atoms with Crippen molar-refractivity contribution < 1.29 is 9.13 Å². The first-order valence-electron chi connectivity index (χ1n) is 13.8. The molecule has 5 aliphatic rings. The van der Waals surface area contributed by atoms with Crippen molar-refractivity contribution in [3.8, 4) is 12.1 Å². The van der Waals surface area contributed by atoms with E-state index in [4.69, 9.17) is 25.4 Å². The smallest absolute Gasteiger partial charge is 0.320 e. The topological polar surface area (TPSA) is 109 Å². The van der Waals surface area contributed by atoms with E-state index in [0.29, 0.717) is 42.1 Å². The molecule has 1 spiro atoms. The molecule has 38 heavy (non-hydrogen) atoms. The average Bonchev–Trinajstić information content (AvgIpc) is 3.15. The monoisotopic (exact) mass is 534 g/mol. The number of aryl methyl sites for hydroxylation is 1. The molecule has 9 nitrogen and oxygen atoms in total. The van der Waals surface area contributed by atoms with Crippen molar-refractivity contribution in [2.75, 3.05) is 43.4 Å². The van der Waals surface area contributed by atoms with Crippen molar-refractivity contribution >= 4 is 33.3 Å². The van der Waals surface area contributed by atoms with Crippen molar-refractivity contribution in [3.05, 3.63) is 22.3 Å². The second kappa shape index (κ2) is 8.02. The molecule has 0 radical (unpaired) electrons. The lowest BCUT2D eigenvalue weighted by atomic mass is 9.74. The molecule has 0 bridgehead atoms. The summed E-state index contributed by atoms with van der Waals surface area (Å²) in [7, 11) is 0. The third-order valence-corrected chi connectivity index (χ3v) is 10.7. The van der Waals surface area contributed by atoms with E-state index in [1.165, 1.54) is 17.7 Å². The fraction of sp³-hybridized carbons (Fsp3) is 0.630. The first-order chi connectivity index (χ1) is 18.5. The number of imidazole rings is 1. The Labute approximate surface area is 224 Å². The maximum atomic E-state index is 14.3. The van der Waals surface area contributed by atoms with Crippen LogP contribution in [0.1, 0.15) is 54.5 Å². The molecule has 3 aromatic rings. The molecule has 1 saturated carbocycles. The number of nitrogens with two attached hydrogens (primary N) is 1. The molecular formula is C27H31FN8OS. The van der Waals surface area contributed by atoms with Gasteiger partial charge in [0.05, 0.1) is 17.4 Å². The van der Waals surface area contributed by atoms with Crippen LogP contribution in [0.25, 0.3) is 11.2 Å². The van der Waals surface area contributed by atoms with Gasteiger partial charge in [-0.25, -0.2) is 9.37 Å². The van der Waals surface area contributed by atoms with Crippen LogP contribution in [0.5, 0.6) is 6.01 Å². The van der Waals surface area contributed by atoms with Crippen LogP contribution in [0.15, 0.2) is 6.33 Å². The quantitative estimate of drug-likeness (QED) is 0.513. The van der Waals surface area contributed by atoms with Crippen LogP contribution in [-0.2, 0) is 18.4 Å². The zero-order valence-electron chi connectivity index (χ0n) is 21.3. The normalized spacial score (nSPS) is 27.6. The van der Waals surface area contributed by atoms with E-state index < -0.39 is 6.17 Å². The number of thiophene rings is 1. The lowest BCUT2D eigenvalue weighted by Crippen LogP contribution is -2.59. The summed E-state index contributed by atoms with van der Waals surface area (Å²) in [5.74, 6) is 1.47. The standard InChI is InChI=1S/C27H31FN8OS/c28-17-8-27(5-1-7-36(27)11-17)14-37-25-32-23-21(31-15-34(23)10-16-2-3-16)24(33-25)35-12-26(13-35)6-4-19-20(26)18(9-29)22(30)38-19/h15-17H,1-8,10-14,30H2/t17-,27+/m1/s1. The number of ether oxygens (including phenoxy) is 1. The minimum absolute atomic E-state index is 0.0628. The first-order valence-corrected chi connectivity index (χ1v) is 14.6. The van der Waals surface area contributed by atoms with E-state index >= 15 is 0 Å². The van der Waals surface area contributed by atoms with Gasteiger partial charge in [-0.15, -0.1) is 11.3 Å². The Morgan fingerprint density at radius 2 is 2.13 bits per heavy atom. The highest BCUT2D eigenvalue weighted by Crippen LogP contribution is 2.53. The molecular weight excluding hydrogens is 503 g/mol. The Bertz CT molecular complexity index is 1480. The molecule has 0 unspecified atom stereocenters. The summed E-state index contributed by atoms with van der Waals surface area (Å²) in [5.41, 5.74) is 9.29. The molecule has 0 amide bonds. The highest BCUT2D eigenvalue weighted by atomic mass is 32.1. The molecule has 3 aliphatic heterocycles. The zero-order chi connectivity index (χ0) is 25.6. The second-order valence-corrected chi connectivity index (χ2v) is 13.2. The molecule has 4 fully saturated rings. The lowest BCUT2D eigenvalue weighted by Gasteiger charge is -2.49. The van der Waals surface area contributed by atoms with Gasteiger partial charge in [-0.05, 0) is 56.6 Å². The first kappa shape index (κ1) is 23.0. The molecule has 3 saturated heterocycles. The molecule has 2 aliphatic carbocycles. The van der Waals surface area contributed by atoms with E-state index in [2.05, 4.69) is 20.4 Å². The van der Waals surface area contributed by atoms with Crippen molar-refractivity contribution in [2.24, 2.45) is 5.92 Å². The van der Waals surface area contributed by atoms with Crippen LogP contribution in [-0.4, -0.2) is 68.9 Å². The maximum absolute atomic E-state index is 14.3. The van der Waals surface area contributed by atoms with Crippen molar-refractivity contribution in [3.63, 3.8) is 0 Å². The van der Waals surface area contributed by atoms with Gasteiger partial charge < -0.3 is 19.9 Å². The summed E-state index contributed by atoms with van der Waals surface area (Å²) in [5, 5.41) is 10.4. The molecule has 0 aromatic carbocycles. The van der Waals surface area contributed by atoms with Gasteiger partial charge in [0.2, 0.25) is 0 Å². The van der Waals surface area contributed by atoms with Crippen LogP contribution in [0, 0.1) is 17.2 Å². The number of rotatable bonds is 6. The molecule has 8 rings (SSSR count). The van der Waals surface area contributed by atoms with Crippen molar-refractivity contribution in [1.82, 2.24) is 24.4 Å².